The molecule has 6 nitrogen and oxygen atoms in total. The second kappa shape index (κ2) is 10.1. The van der Waals surface area contributed by atoms with Crippen LogP contribution in [0.25, 0.3) is 27.7 Å². The highest BCUT2D eigenvalue weighted by molar-refractivity contribution is 7.12. The fourth-order valence-electron chi connectivity index (χ4n) is 3.89. The third-order valence-electron chi connectivity index (χ3n) is 5.55. The van der Waals surface area contributed by atoms with Gasteiger partial charge in [0.25, 0.3) is 0 Å². The lowest BCUT2D eigenvalue weighted by Crippen LogP contribution is -2.11. The number of nitrogens with one attached hydrogen (secondary N) is 1. The Kier molecular flexibility index (Phi) is 7.02. The highest BCUT2D eigenvalue weighted by Crippen LogP contribution is 2.40. The van der Waals surface area contributed by atoms with E-state index in [1.165, 1.54) is 36.7 Å². The Morgan fingerprint density at radius 1 is 1.20 bits per heavy atom. The lowest BCUT2D eigenvalue weighted by molar-refractivity contribution is -0.111. The molecule has 1 N–H and O–H groups in total. The van der Waals surface area contributed by atoms with E-state index in [1.54, 1.807) is 29.8 Å². The Morgan fingerprint density at radius 3 is 2.63 bits per heavy atom. The van der Waals surface area contributed by atoms with Gasteiger partial charge in [-0.1, -0.05) is 12.1 Å². The van der Waals surface area contributed by atoms with Crippen molar-refractivity contribution in [3.8, 4) is 16.9 Å². The summed E-state index contributed by atoms with van der Waals surface area (Å²) in [6.07, 6.45) is 3.10. The van der Waals surface area contributed by atoms with Crippen LogP contribution in [0.4, 0.5) is 10.1 Å². The molecule has 4 rings (SSSR count). The van der Waals surface area contributed by atoms with Gasteiger partial charge in [-0.25, -0.2) is 9.18 Å². The molecule has 180 valence electrons. The molecule has 35 heavy (non-hydrogen) atoms. The van der Waals surface area contributed by atoms with Crippen molar-refractivity contribution in [3.63, 3.8) is 0 Å². The number of carbonyl (C=O) groups is 2. The fourth-order valence-corrected chi connectivity index (χ4v) is 4.66. The van der Waals surface area contributed by atoms with Gasteiger partial charge < -0.3 is 19.2 Å². The van der Waals surface area contributed by atoms with Gasteiger partial charge in [-0.3, -0.25) is 4.79 Å². The number of hydrogen-bond donors (Lipinski definition) is 1. The van der Waals surface area contributed by atoms with Crippen molar-refractivity contribution in [3.05, 3.63) is 75.9 Å². The van der Waals surface area contributed by atoms with Crippen molar-refractivity contribution < 1.29 is 27.9 Å². The molecule has 0 unspecified atom stereocenters. The van der Waals surface area contributed by atoms with Gasteiger partial charge in [0.05, 0.1) is 25.7 Å². The number of methoxy groups -OCH3 is 1. The van der Waals surface area contributed by atoms with Crippen LogP contribution in [0, 0.1) is 12.7 Å². The summed E-state index contributed by atoms with van der Waals surface area (Å²) in [6, 6.07) is 9.76. The summed E-state index contributed by atoms with van der Waals surface area (Å²) in [5, 5.41) is 5.28. The maximum Gasteiger partial charge on any atom is 0.350 e. The highest BCUT2D eigenvalue weighted by atomic mass is 32.1. The molecule has 0 spiro atoms. The molecular weight excluding hydrogens is 469 g/mol. The number of fused-ring (bicyclic) bond motifs is 1. The van der Waals surface area contributed by atoms with Crippen LogP contribution in [0.3, 0.4) is 0 Å². The van der Waals surface area contributed by atoms with Crippen molar-refractivity contribution in [2.45, 2.75) is 20.8 Å². The van der Waals surface area contributed by atoms with E-state index in [-0.39, 0.29) is 5.82 Å². The average Bonchev–Trinajstić information content (AvgIpc) is 3.48. The third kappa shape index (κ3) is 4.83. The van der Waals surface area contributed by atoms with Gasteiger partial charge in [-0.05, 0) is 61.6 Å². The van der Waals surface area contributed by atoms with E-state index in [0.29, 0.717) is 34.1 Å². The number of benzene rings is 2. The molecule has 0 fully saturated rings. The topological polar surface area (TPSA) is 77.8 Å². The van der Waals surface area contributed by atoms with E-state index in [9.17, 15) is 14.0 Å². The lowest BCUT2D eigenvalue weighted by Gasteiger charge is -2.15. The molecule has 0 atom stereocenters. The summed E-state index contributed by atoms with van der Waals surface area (Å²) in [7, 11) is 1.29. The van der Waals surface area contributed by atoms with Crippen LogP contribution in [0.2, 0.25) is 0 Å². The Balaban J connectivity index is 1.75. The molecule has 0 radical (unpaired) electrons. The predicted molar refractivity (Wildman–Crippen MR) is 135 cm³/mol. The van der Waals surface area contributed by atoms with Gasteiger partial charge in [-0.15, -0.1) is 11.3 Å². The zero-order valence-corrected chi connectivity index (χ0v) is 20.5. The van der Waals surface area contributed by atoms with E-state index in [4.69, 9.17) is 13.9 Å². The number of thiophene rings is 1. The second-order valence-corrected chi connectivity index (χ2v) is 8.73. The molecule has 2 heterocycles. The van der Waals surface area contributed by atoms with E-state index in [1.807, 2.05) is 26.8 Å². The fraction of sp³-hybridized carbons (Fsp3) is 0.185. The zero-order chi connectivity index (χ0) is 25.1. The molecule has 4 aromatic rings. The Morgan fingerprint density at radius 2 is 1.94 bits per heavy atom. The number of rotatable bonds is 7. The minimum Gasteiger partial charge on any atom is -0.493 e. The number of aryl methyl sites for hydroxylation is 1. The summed E-state index contributed by atoms with van der Waals surface area (Å²) in [5.41, 5.74) is 4.87. The predicted octanol–water partition coefficient (Wildman–Crippen LogP) is 6.84. The van der Waals surface area contributed by atoms with Crippen LogP contribution in [0.1, 0.15) is 34.6 Å². The molecule has 0 bridgehead atoms. The minimum atomic E-state index is -0.510. The van der Waals surface area contributed by atoms with E-state index in [0.717, 1.165) is 27.6 Å². The third-order valence-corrected chi connectivity index (χ3v) is 6.45. The number of ether oxygens (including phenoxy) is 2. The molecular formula is C27H24FNO5S. The number of esters is 1. The molecule has 2 aromatic heterocycles. The first-order valence-electron chi connectivity index (χ1n) is 10.9. The van der Waals surface area contributed by atoms with Crippen LogP contribution < -0.4 is 10.1 Å². The number of hydrogen-bond acceptors (Lipinski definition) is 6. The van der Waals surface area contributed by atoms with Crippen molar-refractivity contribution in [1.29, 1.82) is 0 Å². The first-order chi connectivity index (χ1) is 16.8. The summed E-state index contributed by atoms with van der Waals surface area (Å²) < 4.78 is 30.0. The van der Waals surface area contributed by atoms with Crippen molar-refractivity contribution in [2.24, 2.45) is 0 Å². The standard InChI is InChI=1S/C27H24FNO5S/c1-5-33-24-16(3)25-20(21(14-34-25)17-6-8-18(28)9-7-17)13-19(24)15(2)12-23(30)29-22-10-11-35-26(22)27(31)32-4/h6-14H,5H2,1-4H3,(H,29,30)/b15-12+. The number of halogens is 1. The van der Waals surface area contributed by atoms with Gasteiger partial charge in [0.15, 0.2) is 0 Å². The number of amides is 1. The largest absolute Gasteiger partial charge is 0.493 e. The maximum atomic E-state index is 13.5. The van der Waals surface area contributed by atoms with Crippen LogP contribution >= 0.6 is 11.3 Å². The van der Waals surface area contributed by atoms with E-state index >= 15 is 0 Å². The number of allylic oxidation sites excluding steroid dienone is 1. The molecule has 8 heteroatoms. The van der Waals surface area contributed by atoms with Gasteiger partial charge in [0, 0.05) is 28.2 Å². The number of furan rings is 1. The van der Waals surface area contributed by atoms with Crippen molar-refractivity contribution in [1.82, 2.24) is 0 Å². The van der Waals surface area contributed by atoms with Gasteiger partial charge >= 0.3 is 5.97 Å². The normalized spacial score (nSPS) is 11.5. The molecule has 0 aliphatic carbocycles. The smallest absolute Gasteiger partial charge is 0.350 e. The molecule has 0 saturated heterocycles. The summed E-state index contributed by atoms with van der Waals surface area (Å²) in [6.45, 7) is 6.03. The van der Waals surface area contributed by atoms with Crippen molar-refractivity contribution >= 4 is 45.4 Å². The van der Waals surface area contributed by atoms with Gasteiger partial charge in [0.1, 0.15) is 22.0 Å². The SMILES string of the molecule is CCOc1c(/C(C)=C/C(=O)Nc2ccsc2C(=O)OC)cc2c(-c3ccc(F)cc3)coc2c1C. The lowest BCUT2D eigenvalue weighted by atomic mass is 9.96. The quantitative estimate of drug-likeness (QED) is 0.225. The monoisotopic (exact) mass is 493 g/mol. The Labute approximate surface area is 206 Å². The minimum absolute atomic E-state index is 0.317. The Bertz CT molecular complexity index is 1430. The molecule has 0 saturated carbocycles. The summed E-state index contributed by atoms with van der Waals surface area (Å²) in [4.78, 5) is 25.1. The molecule has 2 aromatic carbocycles. The maximum absolute atomic E-state index is 13.5. The second-order valence-electron chi connectivity index (χ2n) is 7.82. The number of carbonyl (C=O) groups excluding carboxylic acids is 2. The van der Waals surface area contributed by atoms with Gasteiger partial charge in [-0.2, -0.15) is 0 Å². The van der Waals surface area contributed by atoms with Gasteiger partial charge in [0.2, 0.25) is 5.91 Å². The van der Waals surface area contributed by atoms with Crippen LogP contribution in [-0.4, -0.2) is 25.6 Å². The first kappa shape index (κ1) is 24.2. The van der Waals surface area contributed by atoms with Crippen molar-refractivity contribution in [2.75, 3.05) is 19.0 Å². The molecule has 0 aliphatic heterocycles. The van der Waals surface area contributed by atoms with Crippen LogP contribution in [0.15, 0.2) is 58.5 Å². The summed E-state index contributed by atoms with van der Waals surface area (Å²) >= 11 is 1.19. The average molecular weight is 494 g/mol. The molecule has 1 amide bonds. The summed E-state index contributed by atoms with van der Waals surface area (Å²) in [5.74, 6) is -0.601. The number of anilines is 1. The zero-order valence-electron chi connectivity index (χ0n) is 19.7. The Hall–Kier alpha value is -3.91. The van der Waals surface area contributed by atoms with E-state index in [2.05, 4.69) is 5.32 Å². The first-order valence-corrected chi connectivity index (χ1v) is 11.8. The highest BCUT2D eigenvalue weighted by Gasteiger charge is 2.20. The van der Waals surface area contributed by atoms with Crippen LogP contribution in [0.5, 0.6) is 5.75 Å². The molecule has 0 aliphatic rings. The van der Waals surface area contributed by atoms with E-state index < -0.39 is 11.9 Å². The van der Waals surface area contributed by atoms with Crippen LogP contribution in [-0.2, 0) is 9.53 Å².